The van der Waals surface area contributed by atoms with Crippen LogP contribution >= 0.6 is 0 Å². The van der Waals surface area contributed by atoms with Crippen LogP contribution in [0.15, 0.2) is 0 Å². The molecule has 2 spiro atoms. The summed E-state index contributed by atoms with van der Waals surface area (Å²) >= 11 is 0. The number of piperazine rings is 1. The number of urea groups is 1. The van der Waals surface area contributed by atoms with Gasteiger partial charge in [-0.1, -0.05) is 74.1 Å². The van der Waals surface area contributed by atoms with E-state index in [2.05, 4.69) is 35.1 Å². The molecule has 3 aliphatic carbocycles. The summed E-state index contributed by atoms with van der Waals surface area (Å²) in [6.45, 7) is 19.9. The Morgan fingerprint density at radius 1 is 0.882 bits per heavy atom. The summed E-state index contributed by atoms with van der Waals surface area (Å²) in [5.74, 6) is -2.93. The number of fused-ring (bicyclic) bond motifs is 1. The van der Waals surface area contributed by atoms with Gasteiger partial charge in [0.15, 0.2) is 0 Å². The van der Waals surface area contributed by atoms with Crippen molar-refractivity contribution in [1.82, 2.24) is 31.1 Å². The van der Waals surface area contributed by atoms with Crippen LogP contribution in [-0.4, -0.2) is 101 Å². The lowest BCUT2D eigenvalue weighted by atomic mass is 9.73. The second-order valence-electron chi connectivity index (χ2n) is 18.9. The number of Topliss-reactive ketones (excluding diaryl/α,β-unsaturated/α-hetero) is 1. The maximum absolute atomic E-state index is 14.8. The smallest absolute Gasteiger partial charge is 0.316 e. The Kier molecular flexibility index (Phi) is 10.4. The quantitative estimate of drug-likeness (QED) is 0.204. The zero-order chi connectivity index (χ0) is 37.9. The van der Waals surface area contributed by atoms with E-state index in [1.807, 2.05) is 48.5 Å². The molecular weight excluding hydrogens is 650 g/mol. The topological polar surface area (TPSA) is 183 Å². The fourth-order valence-electron chi connectivity index (χ4n) is 9.97. The number of likely N-dealkylation sites (tertiary alicyclic amines) is 1. The first-order valence-corrected chi connectivity index (χ1v) is 19.1. The van der Waals surface area contributed by atoms with Crippen LogP contribution in [0.1, 0.15) is 114 Å². The zero-order valence-corrected chi connectivity index (χ0v) is 32.4. The van der Waals surface area contributed by atoms with Gasteiger partial charge in [0.05, 0.1) is 6.04 Å². The van der Waals surface area contributed by atoms with E-state index in [1.165, 1.54) is 0 Å². The van der Waals surface area contributed by atoms with E-state index in [0.717, 1.165) is 38.5 Å². The van der Waals surface area contributed by atoms with Crippen LogP contribution in [0.25, 0.3) is 0 Å². The maximum atomic E-state index is 14.8. The third-order valence-corrected chi connectivity index (χ3v) is 13.6. The van der Waals surface area contributed by atoms with Crippen molar-refractivity contribution in [3.05, 3.63) is 0 Å². The molecule has 51 heavy (non-hydrogen) atoms. The van der Waals surface area contributed by atoms with Crippen LogP contribution in [0, 0.1) is 33.5 Å². The molecule has 5 fully saturated rings. The Bertz CT molecular complexity index is 1430. The van der Waals surface area contributed by atoms with Crippen molar-refractivity contribution in [3.8, 4) is 0 Å². The number of carbonyl (C=O) groups is 6. The summed E-state index contributed by atoms with van der Waals surface area (Å²) in [5.41, 5.74) is 4.03. The lowest BCUT2D eigenvalue weighted by Gasteiger charge is -2.41. The van der Waals surface area contributed by atoms with Crippen LogP contribution < -0.4 is 27.0 Å². The predicted molar refractivity (Wildman–Crippen MR) is 193 cm³/mol. The minimum Gasteiger partial charge on any atom is -0.363 e. The Morgan fingerprint density at radius 2 is 1.53 bits per heavy atom. The van der Waals surface area contributed by atoms with Gasteiger partial charge in [0.25, 0.3) is 5.91 Å². The number of rotatable bonds is 11. The molecule has 0 aromatic carbocycles. The number of hydrogen-bond donors (Lipinski definition) is 5. The van der Waals surface area contributed by atoms with E-state index >= 15 is 0 Å². The fraction of sp³-hybridized carbons (Fsp3) is 0.842. The van der Waals surface area contributed by atoms with Gasteiger partial charge in [-0.25, -0.2) is 4.79 Å². The van der Waals surface area contributed by atoms with Crippen LogP contribution in [-0.2, 0) is 24.0 Å². The lowest BCUT2D eigenvalue weighted by Crippen LogP contribution is -2.64. The van der Waals surface area contributed by atoms with E-state index in [9.17, 15) is 28.8 Å². The molecule has 0 aromatic rings. The number of amides is 6. The standard InChI is InChI=1S/C38H63N7O6/c1-22(2)26(31(49)44-17-16-40-35(6,7)20-44)42-33(51)43-28(34(3,4)5)32(50)45-21-38(36(8,9)37(38)14-11-15-37)19-25(45)30(48)41-24(27(46)29(39)47)18-23-12-10-13-23/h22-26,28,40H,10-21H2,1-9H3,(H2,39,47)(H,41,48)(H2,42,43,51)/t24?,25-,26-,28+,38?/m0/s1. The van der Waals surface area contributed by atoms with Gasteiger partial charge < -0.3 is 36.8 Å². The van der Waals surface area contributed by atoms with E-state index < -0.39 is 53.2 Å². The van der Waals surface area contributed by atoms with Crippen LogP contribution in [0.5, 0.6) is 0 Å². The van der Waals surface area contributed by atoms with Gasteiger partial charge in [-0.15, -0.1) is 0 Å². The molecule has 6 N–H and O–H groups in total. The summed E-state index contributed by atoms with van der Waals surface area (Å²) in [5, 5.41) is 12.1. The van der Waals surface area contributed by atoms with Gasteiger partial charge in [0.1, 0.15) is 18.1 Å². The normalized spacial score (nSPS) is 27.9. The monoisotopic (exact) mass is 713 g/mol. The summed E-state index contributed by atoms with van der Waals surface area (Å²) in [4.78, 5) is 84.8. The van der Waals surface area contributed by atoms with E-state index in [1.54, 1.807) is 9.80 Å². The third-order valence-electron chi connectivity index (χ3n) is 13.6. The van der Waals surface area contributed by atoms with E-state index in [-0.39, 0.29) is 45.4 Å². The third kappa shape index (κ3) is 7.00. The number of hydrogen-bond acceptors (Lipinski definition) is 7. The highest BCUT2D eigenvalue weighted by molar-refractivity contribution is 6.37. The highest BCUT2D eigenvalue weighted by Gasteiger charge is 2.85. The minimum absolute atomic E-state index is 0.0212. The van der Waals surface area contributed by atoms with Crippen molar-refractivity contribution in [3.63, 3.8) is 0 Å². The van der Waals surface area contributed by atoms with Crippen molar-refractivity contribution < 1.29 is 28.8 Å². The van der Waals surface area contributed by atoms with Crippen molar-refractivity contribution in [2.75, 3.05) is 26.2 Å². The number of carbonyl (C=O) groups excluding carboxylic acids is 6. The number of ketones is 1. The molecule has 5 rings (SSSR count). The Morgan fingerprint density at radius 3 is 2.00 bits per heavy atom. The molecular formula is C38H63N7O6. The molecule has 2 saturated heterocycles. The number of nitrogens with one attached hydrogen (secondary N) is 4. The largest absolute Gasteiger partial charge is 0.363 e. The summed E-state index contributed by atoms with van der Waals surface area (Å²) in [6, 6.07) is -4.40. The lowest BCUT2D eigenvalue weighted by molar-refractivity contribution is -0.143. The highest BCUT2D eigenvalue weighted by atomic mass is 16.2. The Labute approximate surface area is 303 Å². The first-order chi connectivity index (χ1) is 23.6. The minimum atomic E-state index is -1.09. The molecule has 2 unspecified atom stereocenters. The van der Waals surface area contributed by atoms with Gasteiger partial charge in [-0.2, -0.15) is 0 Å². The molecule has 286 valence electrons. The molecule has 2 aliphatic heterocycles. The predicted octanol–water partition coefficient (Wildman–Crippen LogP) is 2.46. The summed E-state index contributed by atoms with van der Waals surface area (Å²) in [6.07, 6.45) is 6.80. The number of nitrogens with zero attached hydrogens (tertiary/aromatic N) is 2. The molecule has 5 atom stereocenters. The first kappa shape index (κ1) is 39.0. The van der Waals surface area contributed by atoms with Crippen LogP contribution in [0.2, 0.25) is 0 Å². The van der Waals surface area contributed by atoms with Crippen molar-refractivity contribution in [1.29, 1.82) is 0 Å². The van der Waals surface area contributed by atoms with Gasteiger partial charge in [0.2, 0.25) is 23.5 Å². The zero-order valence-electron chi connectivity index (χ0n) is 32.4. The molecule has 5 aliphatic rings. The average Bonchev–Trinajstić information content (AvgIpc) is 3.20. The molecule has 3 saturated carbocycles. The molecule has 6 amide bonds. The molecule has 0 aromatic heterocycles. The van der Waals surface area contributed by atoms with Crippen LogP contribution in [0.3, 0.4) is 0 Å². The second-order valence-corrected chi connectivity index (χ2v) is 18.9. The molecule has 13 nitrogen and oxygen atoms in total. The summed E-state index contributed by atoms with van der Waals surface area (Å²) < 4.78 is 0. The molecule has 0 bridgehead atoms. The second kappa shape index (κ2) is 13.6. The first-order valence-electron chi connectivity index (χ1n) is 19.1. The highest BCUT2D eigenvalue weighted by Crippen LogP contribution is 2.88. The average molecular weight is 714 g/mol. The van der Waals surface area contributed by atoms with Crippen molar-refractivity contribution in [2.45, 2.75) is 143 Å². The van der Waals surface area contributed by atoms with Gasteiger partial charge in [0, 0.05) is 37.1 Å². The van der Waals surface area contributed by atoms with E-state index in [0.29, 0.717) is 39.0 Å². The summed E-state index contributed by atoms with van der Waals surface area (Å²) in [7, 11) is 0. The SMILES string of the molecule is CC(C)[C@H](NC(=O)N[C@H](C(=O)N1CC2(C[C@H]1C(=O)NC(CC1CCC1)C(=O)C(N)=O)C(C)(C)C21CCC1)C(C)(C)C)C(=O)N1CCNC(C)(C)C1. The fourth-order valence-corrected chi connectivity index (χ4v) is 9.97. The molecule has 2 heterocycles. The van der Waals surface area contributed by atoms with Crippen molar-refractivity contribution in [2.24, 2.45) is 39.2 Å². The Hall–Kier alpha value is -3.22. The van der Waals surface area contributed by atoms with Gasteiger partial charge in [-0.3, -0.25) is 24.0 Å². The molecule has 13 heteroatoms. The number of nitrogens with two attached hydrogens (primary N) is 1. The maximum Gasteiger partial charge on any atom is 0.316 e. The van der Waals surface area contributed by atoms with E-state index in [4.69, 9.17) is 5.73 Å². The van der Waals surface area contributed by atoms with Crippen LogP contribution in [0.4, 0.5) is 4.79 Å². The molecule has 0 radical (unpaired) electrons. The Balaban J connectivity index is 1.38. The van der Waals surface area contributed by atoms with Crippen molar-refractivity contribution >= 4 is 35.4 Å². The van der Waals surface area contributed by atoms with Gasteiger partial charge in [-0.05, 0) is 67.6 Å². The number of primary amides is 1. The van der Waals surface area contributed by atoms with Gasteiger partial charge >= 0.3 is 6.03 Å².